The van der Waals surface area contributed by atoms with Crippen molar-refractivity contribution in [2.24, 2.45) is 0 Å². The molecule has 7 nitrogen and oxygen atoms in total. The van der Waals surface area contributed by atoms with Gasteiger partial charge in [0.1, 0.15) is 17.2 Å². The van der Waals surface area contributed by atoms with Gasteiger partial charge in [-0.25, -0.2) is 9.97 Å². The van der Waals surface area contributed by atoms with Crippen LogP contribution in [-0.4, -0.2) is 32.8 Å². The van der Waals surface area contributed by atoms with Crippen molar-refractivity contribution in [1.82, 2.24) is 32.8 Å². The Labute approximate surface area is 453 Å². The summed E-state index contributed by atoms with van der Waals surface area (Å²) in [6, 6.07) is 98.8. The smallest absolute Gasteiger partial charge is 0.165 e. The predicted molar refractivity (Wildman–Crippen MR) is 327 cm³/mol. The lowest BCUT2D eigenvalue weighted by atomic mass is 9.98. The number of para-hydroxylation sites is 11. The van der Waals surface area contributed by atoms with Crippen LogP contribution in [0.15, 0.2) is 273 Å². The molecule has 0 amide bonds. The van der Waals surface area contributed by atoms with Crippen molar-refractivity contribution in [3.63, 3.8) is 0 Å². The van der Waals surface area contributed by atoms with Crippen LogP contribution in [0.1, 0.15) is 0 Å². The van der Waals surface area contributed by atoms with Crippen LogP contribution in [0.5, 0.6) is 0 Å². The summed E-state index contributed by atoms with van der Waals surface area (Å²) in [6.07, 6.45) is 0. The lowest BCUT2D eigenvalue weighted by molar-refractivity contribution is 0.961. The quantitative estimate of drug-likeness (QED) is 0.160. The lowest BCUT2D eigenvalue weighted by Crippen LogP contribution is -2.16. The SMILES string of the molecule is c1ccc(-n2c(-c3ccc(-c4c(-n5c6ccccc6c6ccccc65)c(-n5c6ccccc6c6ccccc65)nc(-n5c6ccccc6c6ccccc65)c4-n4c5ccccc5c5ccccc54)cc3)nc3ccccc32)cc1. The summed E-state index contributed by atoms with van der Waals surface area (Å²) in [6.45, 7) is 0. The largest absolute Gasteiger partial charge is 0.305 e. The third kappa shape index (κ3) is 6.24. The Morgan fingerprint density at radius 2 is 0.506 bits per heavy atom. The molecule has 0 N–H and O–H groups in total. The maximum absolute atomic E-state index is 6.39. The highest BCUT2D eigenvalue weighted by molar-refractivity contribution is 6.16. The zero-order chi connectivity index (χ0) is 51.7. The van der Waals surface area contributed by atoms with Crippen LogP contribution in [0.2, 0.25) is 0 Å². The van der Waals surface area contributed by atoms with E-state index in [1.165, 1.54) is 0 Å². The van der Waals surface area contributed by atoms with Gasteiger partial charge < -0.3 is 9.13 Å². The minimum atomic E-state index is 0.801. The first kappa shape index (κ1) is 43.5. The number of nitrogens with zero attached hydrogens (tertiary/aromatic N) is 7. The van der Waals surface area contributed by atoms with Gasteiger partial charge in [0.05, 0.1) is 55.2 Å². The van der Waals surface area contributed by atoms with Crippen molar-refractivity contribution in [1.29, 1.82) is 0 Å². The van der Waals surface area contributed by atoms with Crippen molar-refractivity contribution < 1.29 is 0 Å². The Morgan fingerprint density at radius 1 is 0.215 bits per heavy atom. The number of hydrogen-bond acceptors (Lipinski definition) is 2. The van der Waals surface area contributed by atoms with Crippen LogP contribution in [0.25, 0.3) is 149 Å². The van der Waals surface area contributed by atoms with Crippen molar-refractivity contribution in [2.45, 2.75) is 0 Å². The van der Waals surface area contributed by atoms with Crippen LogP contribution in [-0.2, 0) is 0 Å². The molecule has 17 rings (SSSR count). The van der Waals surface area contributed by atoms with Gasteiger partial charge in [0.15, 0.2) is 11.6 Å². The molecule has 79 heavy (non-hydrogen) atoms. The zero-order valence-corrected chi connectivity index (χ0v) is 42.6. The maximum Gasteiger partial charge on any atom is 0.165 e. The Hall–Kier alpha value is -10.8. The number of benzene rings is 11. The maximum atomic E-state index is 6.39. The second kappa shape index (κ2) is 16.9. The molecule has 7 heteroatoms. The molecule has 0 aliphatic rings. The van der Waals surface area contributed by atoms with Crippen molar-refractivity contribution in [3.05, 3.63) is 273 Å². The summed E-state index contributed by atoms with van der Waals surface area (Å²) in [7, 11) is 0. The summed E-state index contributed by atoms with van der Waals surface area (Å²) in [5.74, 6) is 2.47. The highest BCUT2D eigenvalue weighted by Crippen LogP contribution is 2.49. The van der Waals surface area contributed by atoms with Gasteiger partial charge in [-0.05, 0) is 78.4 Å². The van der Waals surface area contributed by atoms with E-state index in [0.29, 0.717) is 0 Å². The molecule has 6 heterocycles. The molecular weight excluding hydrogens is 963 g/mol. The molecule has 0 spiro atoms. The number of imidazole rings is 1. The monoisotopic (exact) mass is 1010 g/mol. The first-order valence-electron chi connectivity index (χ1n) is 26.9. The highest BCUT2D eigenvalue weighted by atomic mass is 15.2. The van der Waals surface area contributed by atoms with Gasteiger partial charge in [0, 0.05) is 59.9 Å². The van der Waals surface area contributed by atoms with Crippen molar-refractivity contribution >= 4 is 98.3 Å². The van der Waals surface area contributed by atoms with Crippen LogP contribution in [0.3, 0.4) is 0 Å². The van der Waals surface area contributed by atoms with Crippen LogP contribution in [0, 0.1) is 0 Å². The van der Waals surface area contributed by atoms with E-state index in [9.17, 15) is 0 Å². The van der Waals surface area contributed by atoms with Gasteiger partial charge >= 0.3 is 0 Å². The molecule has 0 radical (unpaired) electrons. The Morgan fingerprint density at radius 3 is 0.873 bits per heavy atom. The zero-order valence-electron chi connectivity index (χ0n) is 42.6. The van der Waals surface area contributed by atoms with Crippen molar-refractivity contribution in [3.8, 4) is 51.2 Å². The normalized spacial score (nSPS) is 12.1. The Bertz CT molecular complexity index is 4850. The fraction of sp³-hybridized carbons (Fsp3) is 0. The molecule has 0 aliphatic heterocycles. The molecule has 0 atom stereocenters. The van der Waals surface area contributed by atoms with E-state index < -0.39 is 0 Å². The fourth-order valence-corrected chi connectivity index (χ4v) is 13.0. The molecule has 11 aromatic carbocycles. The molecule has 17 aromatic rings. The average molecular weight is 1010 g/mol. The summed E-state index contributed by atoms with van der Waals surface area (Å²) in [5, 5.41) is 9.29. The average Bonchev–Trinajstić information content (AvgIpc) is 3.94. The second-order valence-electron chi connectivity index (χ2n) is 20.5. The van der Waals surface area contributed by atoms with Crippen LogP contribution < -0.4 is 0 Å². The molecule has 0 aliphatic carbocycles. The van der Waals surface area contributed by atoms with Crippen LogP contribution in [0.4, 0.5) is 0 Å². The number of rotatable bonds is 7. The molecule has 0 saturated carbocycles. The van der Waals surface area contributed by atoms with Gasteiger partial charge in [-0.15, -0.1) is 0 Å². The van der Waals surface area contributed by atoms with E-state index in [1.54, 1.807) is 0 Å². The van der Waals surface area contributed by atoms with Gasteiger partial charge in [-0.3, -0.25) is 13.7 Å². The first-order chi connectivity index (χ1) is 39.3. The Kier molecular flexibility index (Phi) is 9.28. The van der Waals surface area contributed by atoms with Crippen LogP contribution >= 0.6 is 0 Å². The summed E-state index contributed by atoms with van der Waals surface area (Å²) in [5.41, 5.74) is 16.6. The standard InChI is InChI=1S/C72H45N7/c1-2-22-48(23-3-1)75-66-41-21-12-32-57(66)73-70(75)47-44-42-46(43-45-47)67-68(76-58-33-13-4-24-49(58)50-25-5-14-34-59(50)76)71(78-62-37-17-8-28-53(62)54-29-9-18-38-63(54)78)74-72(79-64-39-19-10-30-55(64)56-31-11-20-40-65(56)79)69(67)77-60-35-15-6-26-51(60)52-27-7-16-36-61(52)77/h1-45H. The number of pyridine rings is 1. The number of aromatic nitrogens is 7. The van der Waals surface area contributed by atoms with Gasteiger partial charge in [0.2, 0.25) is 0 Å². The summed E-state index contributed by atoms with van der Waals surface area (Å²) in [4.78, 5) is 11.8. The van der Waals surface area contributed by atoms with E-state index in [4.69, 9.17) is 9.97 Å². The molecule has 0 unspecified atom stereocenters. The lowest BCUT2D eigenvalue weighted by Gasteiger charge is -2.27. The minimum Gasteiger partial charge on any atom is -0.305 e. The number of fused-ring (bicyclic) bond motifs is 13. The molecule has 0 bridgehead atoms. The third-order valence-electron chi connectivity index (χ3n) is 16.3. The molecule has 0 saturated heterocycles. The van der Waals surface area contributed by atoms with Gasteiger partial charge in [-0.1, -0.05) is 200 Å². The summed E-state index contributed by atoms with van der Waals surface area (Å²) < 4.78 is 12.1. The predicted octanol–water partition coefficient (Wildman–Crippen LogP) is 18.1. The van der Waals surface area contributed by atoms with E-state index in [2.05, 4.69) is 296 Å². The van der Waals surface area contributed by atoms with Crippen molar-refractivity contribution in [2.75, 3.05) is 0 Å². The summed E-state index contributed by atoms with van der Waals surface area (Å²) >= 11 is 0. The van der Waals surface area contributed by atoms with E-state index in [1.807, 2.05) is 0 Å². The first-order valence-corrected chi connectivity index (χ1v) is 26.9. The molecular formula is C72H45N7. The molecule has 0 fully saturated rings. The van der Waals surface area contributed by atoms with Gasteiger partial charge in [-0.2, -0.15) is 0 Å². The third-order valence-corrected chi connectivity index (χ3v) is 16.3. The van der Waals surface area contributed by atoms with Gasteiger partial charge in [0.25, 0.3) is 0 Å². The Balaban J connectivity index is 1.12. The molecule has 6 aromatic heterocycles. The molecule has 368 valence electrons. The van der Waals surface area contributed by atoms with E-state index in [0.717, 1.165) is 149 Å². The highest BCUT2D eigenvalue weighted by Gasteiger charge is 2.32. The van der Waals surface area contributed by atoms with E-state index >= 15 is 0 Å². The minimum absolute atomic E-state index is 0.801. The van der Waals surface area contributed by atoms with E-state index in [-0.39, 0.29) is 0 Å². The number of hydrogen-bond donors (Lipinski definition) is 0. The second-order valence-corrected chi connectivity index (χ2v) is 20.5. The fourth-order valence-electron chi connectivity index (χ4n) is 13.0. The topological polar surface area (TPSA) is 50.4 Å².